The van der Waals surface area contributed by atoms with E-state index in [1.165, 1.54) is 0 Å². The SMILES string of the molecule is CCOC(=O)C[C@H](NC(=O)Cc1ccccc1)c1ccccc1Cl. The number of hydrogen-bond acceptors (Lipinski definition) is 3. The van der Waals surface area contributed by atoms with Gasteiger partial charge in [-0.1, -0.05) is 60.1 Å². The van der Waals surface area contributed by atoms with E-state index < -0.39 is 6.04 Å². The molecule has 0 unspecified atom stereocenters. The van der Waals surface area contributed by atoms with Crippen LogP contribution in [0.2, 0.25) is 5.02 Å². The van der Waals surface area contributed by atoms with Crippen LogP contribution < -0.4 is 5.32 Å². The van der Waals surface area contributed by atoms with E-state index in [4.69, 9.17) is 16.3 Å². The number of nitrogens with one attached hydrogen (secondary N) is 1. The smallest absolute Gasteiger partial charge is 0.308 e. The Balaban J connectivity index is 2.12. The molecule has 24 heavy (non-hydrogen) atoms. The molecule has 2 rings (SSSR count). The number of benzene rings is 2. The highest BCUT2D eigenvalue weighted by atomic mass is 35.5. The molecule has 1 atom stereocenters. The molecule has 0 radical (unpaired) electrons. The number of amides is 1. The van der Waals surface area contributed by atoms with Crippen LogP contribution in [0.5, 0.6) is 0 Å². The second-order valence-corrected chi connectivity index (χ2v) is 5.72. The van der Waals surface area contributed by atoms with Gasteiger partial charge in [-0.15, -0.1) is 0 Å². The summed E-state index contributed by atoms with van der Waals surface area (Å²) in [6.45, 7) is 2.04. The first-order valence-electron chi connectivity index (χ1n) is 7.83. The maximum Gasteiger partial charge on any atom is 0.308 e. The second-order valence-electron chi connectivity index (χ2n) is 5.31. The predicted molar refractivity (Wildman–Crippen MR) is 93.7 cm³/mol. The maximum absolute atomic E-state index is 12.3. The highest BCUT2D eigenvalue weighted by Gasteiger charge is 2.21. The third-order valence-corrected chi connectivity index (χ3v) is 3.84. The Labute approximate surface area is 146 Å². The van der Waals surface area contributed by atoms with Crippen LogP contribution in [0.3, 0.4) is 0 Å². The minimum atomic E-state index is -0.519. The van der Waals surface area contributed by atoms with Gasteiger partial charge in [0.25, 0.3) is 0 Å². The number of rotatable bonds is 7. The summed E-state index contributed by atoms with van der Waals surface area (Å²) in [4.78, 5) is 24.2. The van der Waals surface area contributed by atoms with Crippen LogP contribution in [0.4, 0.5) is 0 Å². The number of hydrogen-bond donors (Lipinski definition) is 1. The van der Waals surface area contributed by atoms with Crippen molar-refractivity contribution < 1.29 is 14.3 Å². The van der Waals surface area contributed by atoms with Gasteiger partial charge < -0.3 is 10.1 Å². The lowest BCUT2D eigenvalue weighted by Gasteiger charge is -2.19. The van der Waals surface area contributed by atoms with Crippen molar-refractivity contribution in [1.82, 2.24) is 5.32 Å². The zero-order valence-electron chi connectivity index (χ0n) is 13.5. The monoisotopic (exact) mass is 345 g/mol. The molecule has 0 aliphatic carbocycles. The molecule has 0 heterocycles. The van der Waals surface area contributed by atoms with Gasteiger partial charge in [-0.05, 0) is 24.1 Å². The summed E-state index contributed by atoms with van der Waals surface area (Å²) < 4.78 is 5.00. The molecular weight excluding hydrogens is 326 g/mol. The Morgan fingerprint density at radius 1 is 1.08 bits per heavy atom. The summed E-state index contributed by atoms with van der Waals surface area (Å²) in [5, 5.41) is 3.39. The first-order chi connectivity index (χ1) is 11.6. The first-order valence-corrected chi connectivity index (χ1v) is 8.21. The number of carbonyl (C=O) groups is 2. The molecule has 2 aromatic carbocycles. The Bertz CT molecular complexity index is 688. The molecule has 0 bridgehead atoms. The molecular formula is C19H20ClNO3. The minimum absolute atomic E-state index is 0.0398. The van der Waals surface area contributed by atoms with Crippen molar-refractivity contribution in [1.29, 1.82) is 0 Å². The number of ether oxygens (including phenoxy) is 1. The van der Waals surface area contributed by atoms with E-state index in [1.807, 2.05) is 36.4 Å². The number of carbonyl (C=O) groups excluding carboxylic acids is 2. The third-order valence-electron chi connectivity index (χ3n) is 3.50. The quantitative estimate of drug-likeness (QED) is 0.778. The van der Waals surface area contributed by atoms with Crippen LogP contribution in [0.1, 0.15) is 30.5 Å². The Morgan fingerprint density at radius 2 is 1.75 bits per heavy atom. The summed E-state index contributed by atoms with van der Waals surface area (Å²) in [5.41, 5.74) is 1.61. The van der Waals surface area contributed by atoms with Gasteiger partial charge in [0.2, 0.25) is 5.91 Å². The maximum atomic E-state index is 12.3. The van der Waals surface area contributed by atoms with Crippen molar-refractivity contribution >= 4 is 23.5 Å². The van der Waals surface area contributed by atoms with Crippen molar-refractivity contribution in [2.24, 2.45) is 0 Å². The van der Waals surface area contributed by atoms with Crippen molar-refractivity contribution in [2.45, 2.75) is 25.8 Å². The van der Waals surface area contributed by atoms with Gasteiger partial charge >= 0.3 is 5.97 Å². The van der Waals surface area contributed by atoms with Crippen molar-refractivity contribution in [3.8, 4) is 0 Å². The summed E-state index contributed by atoms with van der Waals surface area (Å²) in [7, 11) is 0. The van der Waals surface area contributed by atoms with Crippen LogP contribution in [0.15, 0.2) is 54.6 Å². The van der Waals surface area contributed by atoms with Gasteiger partial charge in [0.1, 0.15) is 0 Å². The van der Waals surface area contributed by atoms with Gasteiger partial charge in [0.05, 0.1) is 25.5 Å². The molecule has 0 aromatic heterocycles. The van der Waals surface area contributed by atoms with Gasteiger partial charge in [-0.3, -0.25) is 9.59 Å². The van der Waals surface area contributed by atoms with Crippen LogP contribution >= 0.6 is 11.6 Å². The topological polar surface area (TPSA) is 55.4 Å². The molecule has 0 saturated heterocycles. The lowest BCUT2D eigenvalue weighted by Crippen LogP contribution is -2.32. The van der Waals surface area contributed by atoms with Crippen LogP contribution in [0, 0.1) is 0 Å². The third kappa shape index (κ3) is 5.39. The van der Waals surface area contributed by atoms with Gasteiger partial charge in [-0.25, -0.2) is 0 Å². The molecule has 5 heteroatoms. The molecule has 0 saturated carbocycles. The largest absolute Gasteiger partial charge is 0.466 e. The van der Waals surface area contributed by atoms with E-state index >= 15 is 0 Å². The molecule has 2 aromatic rings. The molecule has 126 valence electrons. The van der Waals surface area contributed by atoms with Crippen LogP contribution in [-0.4, -0.2) is 18.5 Å². The van der Waals surface area contributed by atoms with Crippen LogP contribution in [-0.2, 0) is 20.7 Å². The molecule has 0 aliphatic heterocycles. The fourth-order valence-electron chi connectivity index (χ4n) is 2.41. The molecule has 4 nitrogen and oxygen atoms in total. The predicted octanol–water partition coefficient (Wildman–Crippen LogP) is 3.69. The van der Waals surface area contributed by atoms with Gasteiger partial charge in [0.15, 0.2) is 0 Å². The molecule has 0 spiro atoms. The highest BCUT2D eigenvalue weighted by Crippen LogP contribution is 2.25. The minimum Gasteiger partial charge on any atom is -0.466 e. The zero-order valence-corrected chi connectivity index (χ0v) is 14.3. The molecule has 1 amide bonds. The standard InChI is InChI=1S/C19H20ClNO3/c1-2-24-19(23)13-17(15-10-6-7-11-16(15)20)21-18(22)12-14-8-4-3-5-9-14/h3-11,17H,2,12-13H2,1H3,(H,21,22)/t17-/m0/s1. The van der Waals surface area contributed by atoms with Crippen molar-refractivity contribution in [3.63, 3.8) is 0 Å². The van der Waals surface area contributed by atoms with Crippen molar-refractivity contribution in [2.75, 3.05) is 6.61 Å². The van der Waals surface area contributed by atoms with E-state index in [-0.39, 0.29) is 24.7 Å². The van der Waals surface area contributed by atoms with E-state index in [2.05, 4.69) is 5.32 Å². The summed E-state index contributed by atoms with van der Waals surface area (Å²) >= 11 is 6.22. The van der Waals surface area contributed by atoms with E-state index in [9.17, 15) is 9.59 Å². The summed E-state index contributed by atoms with van der Waals surface area (Å²) in [6, 6.07) is 16.1. The van der Waals surface area contributed by atoms with Gasteiger partial charge in [-0.2, -0.15) is 0 Å². The fraction of sp³-hybridized carbons (Fsp3) is 0.263. The lowest BCUT2D eigenvalue weighted by molar-refractivity contribution is -0.143. The number of halogens is 1. The summed E-state index contributed by atoms with van der Waals surface area (Å²) in [5.74, 6) is -0.544. The van der Waals surface area contributed by atoms with E-state index in [0.717, 1.165) is 5.56 Å². The summed E-state index contributed by atoms with van der Waals surface area (Å²) in [6.07, 6.45) is 0.280. The number of esters is 1. The van der Waals surface area contributed by atoms with E-state index in [0.29, 0.717) is 17.2 Å². The first kappa shape index (κ1) is 18.0. The van der Waals surface area contributed by atoms with Crippen LogP contribution in [0.25, 0.3) is 0 Å². The Kier molecular flexibility index (Phi) is 6.82. The molecule has 0 aliphatic rings. The molecule has 1 N–H and O–H groups in total. The average Bonchev–Trinajstić information content (AvgIpc) is 2.56. The average molecular weight is 346 g/mol. The van der Waals surface area contributed by atoms with Gasteiger partial charge in [0, 0.05) is 5.02 Å². The normalized spacial score (nSPS) is 11.6. The zero-order chi connectivity index (χ0) is 17.4. The fourth-order valence-corrected chi connectivity index (χ4v) is 2.68. The second kappa shape index (κ2) is 9.08. The van der Waals surface area contributed by atoms with Crippen molar-refractivity contribution in [3.05, 3.63) is 70.7 Å². The Morgan fingerprint density at radius 3 is 2.42 bits per heavy atom. The molecule has 0 fully saturated rings. The van der Waals surface area contributed by atoms with E-state index in [1.54, 1.807) is 25.1 Å². The Hall–Kier alpha value is -2.33. The highest BCUT2D eigenvalue weighted by molar-refractivity contribution is 6.31. The lowest BCUT2D eigenvalue weighted by atomic mass is 10.0.